The van der Waals surface area contributed by atoms with Crippen LogP contribution in [0.25, 0.3) is 0 Å². The van der Waals surface area contributed by atoms with Crippen LogP contribution in [-0.2, 0) is 4.79 Å². The van der Waals surface area contributed by atoms with E-state index in [0.29, 0.717) is 24.9 Å². The van der Waals surface area contributed by atoms with Gasteiger partial charge in [0.15, 0.2) is 0 Å². The number of carbonyl (C=O) groups is 1. The van der Waals surface area contributed by atoms with Gasteiger partial charge in [0.1, 0.15) is 0 Å². The van der Waals surface area contributed by atoms with Gasteiger partial charge in [-0.15, -0.1) is 18.3 Å². The van der Waals surface area contributed by atoms with E-state index in [2.05, 4.69) is 28.7 Å². The van der Waals surface area contributed by atoms with E-state index in [9.17, 15) is 4.79 Å². The zero-order chi connectivity index (χ0) is 15.1. The maximum Gasteiger partial charge on any atom is 0.233 e. The maximum atomic E-state index is 12.2. The number of amides is 1. The summed E-state index contributed by atoms with van der Waals surface area (Å²) in [6, 6.07) is 0.384. The lowest BCUT2D eigenvalue weighted by Crippen LogP contribution is -2.32. The highest BCUT2D eigenvalue weighted by Gasteiger charge is 2.22. The minimum atomic E-state index is 0.0424. The van der Waals surface area contributed by atoms with E-state index < -0.39 is 0 Å². The van der Waals surface area contributed by atoms with Gasteiger partial charge >= 0.3 is 0 Å². The van der Waals surface area contributed by atoms with Crippen LogP contribution in [0.15, 0.2) is 30.5 Å². The second-order valence-electron chi connectivity index (χ2n) is 5.01. The molecule has 0 aromatic carbocycles. The van der Waals surface area contributed by atoms with Crippen molar-refractivity contribution >= 4 is 17.7 Å². The summed E-state index contributed by atoms with van der Waals surface area (Å²) in [5.41, 5.74) is 0. The Hall–Kier alpha value is -1.63. The van der Waals surface area contributed by atoms with Crippen LogP contribution in [0.2, 0.25) is 0 Å². The molecular weight excluding hydrogens is 286 g/mol. The lowest BCUT2D eigenvalue weighted by molar-refractivity contribution is -0.127. The average molecular weight is 307 g/mol. The number of rotatable bonds is 8. The molecule has 0 unspecified atom stereocenters. The van der Waals surface area contributed by atoms with E-state index in [1.807, 2.05) is 4.68 Å². The fraction of sp³-hybridized carbons (Fsp3) is 0.571. The largest absolute Gasteiger partial charge is 0.335 e. The summed E-state index contributed by atoms with van der Waals surface area (Å²) in [6.45, 7) is 8.39. The molecule has 6 nitrogen and oxygen atoms in total. The first-order valence-electron chi connectivity index (χ1n) is 7.16. The van der Waals surface area contributed by atoms with Crippen molar-refractivity contribution in [3.63, 3.8) is 0 Å². The number of aromatic nitrogens is 4. The Balaban J connectivity index is 1.92. The van der Waals surface area contributed by atoms with Crippen LogP contribution >= 0.6 is 11.8 Å². The number of hydrogen-bond acceptors (Lipinski definition) is 5. The van der Waals surface area contributed by atoms with Gasteiger partial charge < -0.3 is 4.90 Å². The summed E-state index contributed by atoms with van der Waals surface area (Å²) in [7, 11) is 0. The van der Waals surface area contributed by atoms with E-state index in [-0.39, 0.29) is 5.91 Å². The monoisotopic (exact) mass is 307 g/mol. The van der Waals surface area contributed by atoms with Crippen molar-refractivity contribution in [3.8, 4) is 0 Å². The third kappa shape index (κ3) is 4.17. The van der Waals surface area contributed by atoms with Gasteiger partial charge in [-0.05, 0) is 23.3 Å². The molecule has 1 aliphatic rings. The van der Waals surface area contributed by atoms with Gasteiger partial charge in [-0.25, -0.2) is 4.68 Å². The molecule has 1 fully saturated rings. The molecule has 1 heterocycles. The van der Waals surface area contributed by atoms with Crippen molar-refractivity contribution in [3.05, 3.63) is 25.3 Å². The van der Waals surface area contributed by atoms with Gasteiger partial charge in [0.2, 0.25) is 11.1 Å². The topological polar surface area (TPSA) is 63.9 Å². The summed E-state index contributed by atoms with van der Waals surface area (Å²) in [6.07, 6.45) is 8.11. The lowest BCUT2D eigenvalue weighted by Gasteiger charge is -2.19. The van der Waals surface area contributed by atoms with Crippen LogP contribution in [0, 0.1) is 0 Å². The lowest BCUT2D eigenvalue weighted by atomic mass is 10.3. The summed E-state index contributed by atoms with van der Waals surface area (Å²) in [5, 5.41) is 12.6. The van der Waals surface area contributed by atoms with Crippen molar-refractivity contribution in [2.45, 2.75) is 36.9 Å². The van der Waals surface area contributed by atoms with Crippen molar-refractivity contribution < 1.29 is 4.79 Å². The molecular formula is C14H21N5OS. The molecule has 1 saturated carbocycles. The molecule has 1 aliphatic carbocycles. The highest BCUT2D eigenvalue weighted by atomic mass is 32.2. The molecule has 1 amide bonds. The fourth-order valence-electron chi connectivity index (χ4n) is 2.47. The quantitative estimate of drug-likeness (QED) is 0.543. The number of thioether (sulfide) groups is 1. The zero-order valence-corrected chi connectivity index (χ0v) is 13.0. The van der Waals surface area contributed by atoms with E-state index in [1.54, 1.807) is 17.1 Å². The van der Waals surface area contributed by atoms with Crippen molar-refractivity contribution in [1.82, 2.24) is 25.1 Å². The van der Waals surface area contributed by atoms with Crippen LogP contribution in [0.1, 0.15) is 31.7 Å². The highest BCUT2D eigenvalue weighted by molar-refractivity contribution is 7.99. The molecule has 0 atom stereocenters. The molecule has 0 N–H and O–H groups in total. The van der Waals surface area contributed by atoms with Crippen molar-refractivity contribution in [1.29, 1.82) is 0 Å². The summed E-state index contributed by atoms with van der Waals surface area (Å²) < 4.78 is 1.87. The minimum Gasteiger partial charge on any atom is -0.335 e. The molecule has 2 rings (SSSR count). The Labute approximate surface area is 129 Å². The predicted molar refractivity (Wildman–Crippen MR) is 83.0 cm³/mol. The molecule has 0 spiro atoms. The standard InChI is InChI=1S/C14H21N5OS/c1-3-9-18(10-4-2)13(20)11-21-14-15-16-17-19(14)12-7-5-6-8-12/h3-4,12H,1-2,5-11H2. The molecule has 0 bridgehead atoms. The summed E-state index contributed by atoms with van der Waals surface area (Å²) in [4.78, 5) is 13.9. The van der Waals surface area contributed by atoms with Crippen molar-refractivity contribution in [2.75, 3.05) is 18.8 Å². The van der Waals surface area contributed by atoms with E-state index in [1.165, 1.54) is 24.6 Å². The Bertz CT molecular complexity index is 485. The van der Waals surface area contributed by atoms with Gasteiger partial charge in [0, 0.05) is 13.1 Å². The molecule has 1 aromatic heterocycles. The first-order valence-corrected chi connectivity index (χ1v) is 8.15. The van der Waals surface area contributed by atoms with E-state index >= 15 is 0 Å². The average Bonchev–Trinajstić information content (AvgIpc) is 3.14. The second kappa shape index (κ2) is 7.97. The molecule has 0 radical (unpaired) electrons. The van der Waals surface area contributed by atoms with Crippen LogP contribution in [-0.4, -0.2) is 49.9 Å². The van der Waals surface area contributed by atoms with Gasteiger partial charge in [0.25, 0.3) is 0 Å². The van der Waals surface area contributed by atoms with Gasteiger partial charge in [0.05, 0.1) is 11.8 Å². The molecule has 1 aromatic rings. The second-order valence-corrected chi connectivity index (χ2v) is 5.95. The Morgan fingerprint density at radius 1 is 1.33 bits per heavy atom. The first-order chi connectivity index (χ1) is 10.3. The maximum absolute atomic E-state index is 12.2. The predicted octanol–water partition coefficient (Wildman–Crippen LogP) is 2.08. The van der Waals surface area contributed by atoms with Crippen LogP contribution in [0.3, 0.4) is 0 Å². The Morgan fingerprint density at radius 2 is 2.00 bits per heavy atom. The van der Waals surface area contributed by atoms with Crippen molar-refractivity contribution in [2.24, 2.45) is 0 Å². The molecule has 0 saturated heterocycles. The number of tetrazole rings is 1. The van der Waals surface area contributed by atoms with Gasteiger partial charge in [-0.2, -0.15) is 0 Å². The van der Waals surface area contributed by atoms with Crippen LogP contribution < -0.4 is 0 Å². The molecule has 21 heavy (non-hydrogen) atoms. The zero-order valence-electron chi connectivity index (χ0n) is 12.1. The molecule has 0 aliphatic heterocycles. The third-order valence-electron chi connectivity index (χ3n) is 3.51. The number of carbonyl (C=O) groups excluding carboxylic acids is 1. The normalized spacial score (nSPS) is 15.0. The highest BCUT2D eigenvalue weighted by Crippen LogP contribution is 2.31. The van der Waals surface area contributed by atoms with Crippen LogP contribution in [0.4, 0.5) is 0 Å². The summed E-state index contributed by atoms with van der Waals surface area (Å²) >= 11 is 1.40. The number of nitrogens with zero attached hydrogens (tertiary/aromatic N) is 5. The van der Waals surface area contributed by atoms with Crippen LogP contribution in [0.5, 0.6) is 0 Å². The van der Waals surface area contributed by atoms with Gasteiger partial charge in [-0.1, -0.05) is 36.8 Å². The number of hydrogen-bond donors (Lipinski definition) is 0. The first kappa shape index (κ1) is 15.8. The van der Waals surface area contributed by atoms with E-state index in [4.69, 9.17) is 0 Å². The molecule has 114 valence electrons. The Kier molecular flexibility index (Phi) is 5.98. The van der Waals surface area contributed by atoms with E-state index in [0.717, 1.165) is 18.0 Å². The Morgan fingerprint density at radius 3 is 2.62 bits per heavy atom. The minimum absolute atomic E-state index is 0.0424. The molecule has 7 heteroatoms. The smallest absolute Gasteiger partial charge is 0.233 e. The summed E-state index contributed by atoms with van der Waals surface area (Å²) in [5.74, 6) is 0.371. The third-order valence-corrected chi connectivity index (χ3v) is 4.43. The van der Waals surface area contributed by atoms with Gasteiger partial charge in [-0.3, -0.25) is 4.79 Å². The SMILES string of the molecule is C=CCN(CC=C)C(=O)CSc1nnnn1C1CCCC1. The fourth-order valence-corrected chi connectivity index (χ4v) is 3.31.